The Hall–Kier alpha value is -2.05. The van der Waals surface area contributed by atoms with E-state index in [4.69, 9.17) is 5.11 Å². The van der Waals surface area contributed by atoms with Crippen molar-refractivity contribution in [1.82, 2.24) is 4.98 Å². The molecule has 74 valence electrons. The smallest absolute Gasteiger partial charge is 0.309 e. The van der Waals surface area contributed by atoms with Crippen LogP contribution in [0.3, 0.4) is 0 Å². The van der Waals surface area contributed by atoms with E-state index in [1.165, 1.54) is 0 Å². The largest absolute Gasteiger partial charge is 0.481 e. The Balaban J connectivity index is 3.07. The maximum atomic E-state index is 12.6. The van der Waals surface area contributed by atoms with Gasteiger partial charge in [0.05, 0.1) is 23.1 Å². The second-order valence-electron chi connectivity index (χ2n) is 2.47. The SMILES string of the molecule is O=C(O)Cc1cc([N+](=O)[O-])cc(F)n1. The van der Waals surface area contributed by atoms with Gasteiger partial charge in [-0.25, -0.2) is 4.98 Å². The predicted octanol–water partition coefficient (Wildman–Crippen LogP) is 0.756. The number of hydrogen-bond donors (Lipinski definition) is 1. The lowest BCUT2D eigenvalue weighted by Crippen LogP contribution is -2.04. The standard InChI is InChI=1S/C7H5FN2O4/c8-6-3-5(10(13)14)1-4(9-6)2-7(11)12/h1,3H,2H2,(H,11,12). The molecule has 0 aliphatic rings. The third kappa shape index (κ3) is 2.47. The highest BCUT2D eigenvalue weighted by Crippen LogP contribution is 2.13. The Kier molecular flexibility index (Phi) is 2.70. The molecule has 0 saturated heterocycles. The van der Waals surface area contributed by atoms with E-state index in [1.807, 2.05) is 0 Å². The number of halogens is 1. The molecule has 6 nitrogen and oxygen atoms in total. The molecule has 0 atom stereocenters. The molecule has 1 aromatic heterocycles. The van der Waals surface area contributed by atoms with Crippen molar-refractivity contribution in [3.63, 3.8) is 0 Å². The molecule has 1 rings (SSSR count). The Labute approximate surface area is 77.2 Å². The molecule has 0 saturated carbocycles. The molecular weight excluding hydrogens is 195 g/mol. The molecule has 0 aliphatic heterocycles. The van der Waals surface area contributed by atoms with Gasteiger partial charge in [0.15, 0.2) is 0 Å². The average molecular weight is 200 g/mol. The van der Waals surface area contributed by atoms with Crippen molar-refractivity contribution in [2.75, 3.05) is 0 Å². The number of pyridine rings is 1. The van der Waals surface area contributed by atoms with Crippen LogP contribution in [0.4, 0.5) is 10.1 Å². The molecular formula is C7H5FN2O4. The van der Waals surface area contributed by atoms with E-state index < -0.39 is 28.9 Å². The van der Waals surface area contributed by atoms with E-state index in [-0.39, 0.29) is 5.69 Å². The van der Waals surface area contributed by atoms with Crippen molar-refractivity contribution in [1.29, 1.82) is 0 Å². The lowest BCUT2D eigenvalue weighted by Gasteiger charge is -1.96. The minimum atomic E-state index is -1.22. The highest BCUT2D eigenvalue weighted by atomic mass is 19.1. The number of carboxylic acids is 1. The number of aliphatic carboxylic acids is 1. The number of nitrogens with zero attached hydrogens (tertiary/aromatic N) is 2. The van der Waals surface area contributed by atoms with Gasteiger partial charge in [-0.1, -0.05) is 0 Å². The van der Waals surface area contributed by atoms with E-state index in [0.29, 0.717) is 6.07 Å². The fourth-order valence-corrected chi connectivity index (χ4v) is 0.887. The molecule has 0 fully saturated rings. The molecule has 0 unspecified atom stereocenters. The van der Waals surface area contributed by atoms with Crippen LogP contribution in [0.2, 0.25) is 0 Å². The first kappa shape index (κ1) is 10.0. The number of carbonyl (C=O) groups is 1. The highest BCUT2D eigenvalue weighted by Gasteiger charge is 2.12. The van der Waals surface area contributed by atoms with Crippen LogP contribution in [0, 0.1) is 16.1 Å². The zero-order valence-corrected chi connectivity index (χ0v) is 6.81. The van der Waals surface area contributed by atoms with Gasteiger partial charge in [-0.2, -0.15) is 4.39 Å². The second-order valence-corrected chi connectivity index (χ2v) is 2.47. The first-order chi connectivity index (χ1) is 6.49. The maximum Gasteiger partial charge on any atom is 0.309 e. The minimum absolute atomic E-state index is 0.177. The second kappa shape index (κ2) is 3.77. The van der Waals surface area contributed by atoms with E-state index in [2.05, 4.69) is 4.98 Å². The van der Waals surface area contributed by atoms with Crippen LogP contribution in [0.25, 0.3) is 0 Å². The van der Waals surface area contributed by atoms with Gasteiger partial charge in [0.2, 0.25) is 5.95 Å². The summed E-state index contributed by atoms with van der Waals surface area (Å²) in [5.41, 5.74) is -0.682. The molecule has 1 heterocycles. The van der Waals surface area contributed by atoms with Gasteiger partial charge >= 0.3 is 5.97 Å². The molecule has 14 heavy (non-hydrogen) atoms. The summed E-state index contributed by atoms with van der Waals surface area (Å²) in [6.07, 6.45) is -0.543. The normalized spacial score (nSPS) is 9.79. The third-order valence-corrected chi connectivity index (χ3v) is 1.38. The van der Waals surface area contributed by atoms with Gasteiger partial charge in [-0.3, -0.25) is 14.9 Å². The Morgan fingerprint density at radius 1 is 1.64 bits per heavy atom. The Morgan fingerprint density at radius 3 is 2.79 bits per heavy atom. The van der Waals surface area contributed by atoms with Gasteiger partial charge in [-0.05, 0) is 0 Å². The van der Waals surface area contributed by atoms with E-state index in [9.17, 15) is 19.3 Å². The van der Waals surface area contributed by atoms with Gasteiger partial charge in [-0.15, -0.1) is 0 Å². The van der Waals surface area contributed by atoms with Crippen molar-refractivity contribution in [3.8, 4) is 0 Å². The summed E-state index contributed by atoms with van der Waals surface area (Å²) in [7, 11) is 0. The number of carboxylic acid groups (broad SMARTS) is 1. The third-order valence-electron chi connectivity index (χ3n) is 1.38. The first-order valence-corrected chi connectivity index (χ1v) is 3.51. The summed E-state index contributed by atoms with van der Waals surface area (Å²) in [5, 5.41) is 18.6. The van der Waals surface area contributed by atoms with Gasteiger partial charge in [0, 0.05) is 6.07 Å². The molecule has 0 aliphatic carbocycles. The van der Waals surface area contributed by atoms with Crippen molar-refractivity contribution in [2.45, 2.75) is 6.42 Å². The van der Waals surface area contributed by atoms with Crippen LogP contribution < -0.4 is 0 Å². The summed E-state index contributed by atoms with van der Waals surface area (Å²) in [5.74, 6) is -2.28. The van der Waals surface area contributed by atoms with Crippen LogP contribution in [0.1, 0.15) is 5.69 Å². The highest BCUT2D eigenvalue weighted by molar-refractivity contribution is 5.69. The summed E-state index contributed by atoms with van der Waals surface area (Å²) >= 11 is 0. The van der Waals surface area contributed by atoms with E-state index in [1.54, 1.807) is 0 Å². The maximum absolute atomic E-state index is 12.6. The molecule has 0 radical (unpaired) electrons. The summed E-state index contributed by atoms with van der Waals surface area (Å²) in [6, 6.07) is 1.56. The molecule has 0 bridgehead atoms. The Morgan fingerprint density at radius 2 is 2.29 bits per heavy atom. The van der Waals surface area contributed by atoms with Crippen molar-refractivity contribution < 1.29 is 19.2 Å². The number of rotatable bonds is 3. The topological polar surface area (TPSA) is 93.3 Å². The fraction of sp³-hybridized carbons (Fsp3) is 0.143. The number of aromatic nitrogens is 1. The summed E-state index contributed by atoms with van der Waals surface area (Å²) in [6.45, 7) is 0. The van der Waals surface area contributed by atoms with Gasteiger partial charge < -0.3 is 5.11 Å². The van der Waals surface area contributed by atoms with E-state index >= 15 is 0 Å². The summed E-state index contributed by atoms with van der Waals surface area (Å²) < 4.78 is 12.6. The zero-order valence-electron chi connectivity index (χ0n) is 6.81. The molecule has 0 amide bonds. The first-order valence-electron chi connectivity index (χ1n) is 3.51. The fourth-order valence-electron chi connectivity index (χ4n) is 0.887. The van der Waals surface area contributed by atoms with Crippen LogP contribution in [0.5, 0.6) is 0 Å². The number of nitro groups is 1. The lowest BCUT2D eigenvalue weighted by atomic mass is 10.2. The monoisotopic (exact) mass is 200 g/mol. The molecule has 1 aromatic rings. The van der Waals surface area contributed by atoms with Gasteiger partial charge in [0.1, 0.15) is 0 Å². The quantitative estimate of drug-likeness (QED) is 0.441. The summed E-state index contributed by atoms with van der Waals surface area (Å²) in [4.78, 5) is 22.9. The van der Waals surface area contributed by atoms with Crippen molar-refractivity contribution in [2.24, 2.45) is 0 Å². The molecule has 1 N–H and O–H groups in total. The predicted molar refractivity (Wildman–Crippen MR) is 42.2 cm³/mol. The number of hydrogen-bond acceptors (Lipinski definition) is 4. The molecule has 0 spiro atoms. The van der Waals surface area contributed by atoms with Crippen molar-refractivity contribution >= 4 is 11.7 Å². The van der Waals surface area contributed by atoms with Crippen LogP contribution in [-0.4, -0.2) is 21.0 Å². The van der Waals surface area contributed by atoms with Crippen LogP contribution >= 0.6 is 0 Å². The molecule has 7 heteroatoms. The van der Waals surface area contributed by atoms with Crippen LogP contribution in [0.15, 0.2) is 12.1 Å². The average Bonchev–Trinajstić information content (AvgIpc) is 2.01. The Bertz CT molecular complexity index is 393. The molecule has 0 aromatic carbocycles. The minimum Gasteiger partial charge on any atom is -0.481 e. The zero-order chi connectivity index (χ0) is 10.7. The van der Waals surface area contributed by atoms with Gasteiger partial charge in [0.25, 0.3) is 5.69 Å². The van der Waals surface area contributed by atoms with E-state index in [0.717, 1.165) is 6.07 Å². The van der Waals surface area contributed by atoms with Crippen LogP contribution in [-0.2, 0) is 11.2 Å². The van der Waals surface area contributed by atoms with Crippen molar-refractivity contribution in [3.05, 3.63) is 33.9 Å². The lowest BCUT2D eigenvalue weighted by molar-refractivity contribution is -0.385.